The number of hydrogen-bond donors (Lipinski definition) is 0. The van der Waals surface area contributed by atoms with E-state index >= 15 is 0 Å². The molecule has 11 heavy (non-hydrogen) atoms. The van der Waals surface area contributed by atoms with E-state index in [0.29, 0.717) is 6.42 Å². The van der Waals surface area contributed by atoms with Crippen LogP contribution in [-0.4, -0.2) is 30.2 Å². The predicted octanol–water partition coefficient (Wildman–Crippen LogP) is 0.362. The van der Waals surface area contributed by atoms with Crippen LogP contribution < -0.4 is 0 Å². The van der Waals surface area contributed by atoms with Gasteiger partial charge in [0.15, 0.2) is 0 Å². The second kappa shape index (κ2) is 3.32. The molecule has 0 N–H and O–H groups in total. The molecule has 60 valence electrons. The summed E-state index contributed by atoms with van der Waals surface area (Å²) in [5, 5.41) is 0. The predicted molar refractivity (Wildman–Crippen MR) is 41.0 cm³/mol. The number of hydrogen-bond acceptors (Lipinski definition) is 2. The molecule has 1 aliphatic rings. The number of rotatable bonds is 3. The molecule has 0 aromatic carbocycles. The molecule has 0 aromatic heterocycles. The fourth-order valence-corrected chi connectivity index (χ4v) is 1.13. The summed E-state index contributed by atoms with van der Waals surface area (Å²) < 4.78 is 0. The van der Waals surface area contributed by atoms with Gasteiger partial charge in [-0.1, -0.05) is 6.08 Å². The van der Waals surface area contributed by atoms with Crippen LogP contribution in [0.1, 0.15) is 12.8 Å². The molecule has 1 rings (SSSR count). The lowest BCUT2D eigenvalue weighted by Crippen LogP contribution is -2.29. The number of amides is 1. The maximum absolute atomic E-state index is 10.9. The van der Waals surface area contributed by atoms with E-state index in [1.54, 1.807) is 18.0 Å². The van der Waals surface area contributed by atoms with E-state index in [4.69, 9.17) is 0 Å². The molecule has 0 saturated heterocycles. The highest BCUT2D eigenvalue weighted by Crippen LogP contribution is 2.12. The summed E-state index contributed by atoms with van der Waals surface area (Å²) in [4.78, 5) is 22.6. The zero-order chi connectivity index (χ0) is 8.27. The monoisotopic (exact) mass is 153 g/mol. The molecule has 0 spiro atoms. The van der Waals surface area contributed by atoms with Crippen LogP contribution in [0.5, 0.6) is 0 Å². The van der Waals surface area contributed by atoms with Gasteiger partial charge in [0.1, 0.15) is 6.29 Å². The average Bonchev–Trinajstić information content (AvgIpc) is 2.31. The molecule has 0 radical (unpaired) electrons. The van der Waals surface area contributed by atoms with Crippen molar-refractivity contribution in [2.24, 2.45) is 0 Å². The average molecular weight is 153 g/mol. The molecular formula is C8H11NO2. The Labute approximate surface area is 65.7 Å². The minimum absolute atomic E-state index is 0.0286. The zero-order valence-electron chi connectivity index (χ0n) is 6.49. The van der Waals surface area contributed by atoms with Gasteiger partial charge in [-0.05, 0) is 6.42 Å². The molecule has 1 amide bonds. The quantitative estimate of drug-likeness (QED) is 0.549. The standard InChI is InChI=1S/C8H11NO2/c1-9-7(3-2-6-10)4-5-8(9)11/h4-7H,2-3H2,1H3. The van der Waals surface area contributed by atoms with Crippen molar-refractivity contribution < 1.29 is 9.59 Å². The smallest absolute Gasteiger partial charge is 0.246 e. The van der Waals surface area contributed by atoms with E-state index in [1.807, 2.05) is 6.08 Å². The van der Waals surface area contributed by atoms with Gasteiger partial charge in [0, 0.05) is 19.5 Å². The van der Waals surface area contributed by atoms with Crippen molar-refractivity contribution >= 4 is 12.2 Å². The first-order chi connectivity index (χ1) is 5.25. The van der Waals surface area contributed by atoms with Crippen molar-refractivity contribution in [3.8, 4) is 0 Å². The summed E-state index contributed by atoms with van der Waals surface area (Å²) in [5.41, 5.74) is 0. The van der Waals surface area contributed by atoms with Crippen LogP contribution in [0, 0.1) is 0 Å². The molecule has 0 fully saturated rings. The number of aldehydes is 1. The van der Waals surface area contributed by atoms with E-state index in [-0.39, 0.29) is 11.9 Å². The van der Waals surface area contributed by atoms with Crippen LogP contribution in [-0.2, 0) is 9.59 Å². The third-order valence-electron chi connectivity index (χ3n) is 1.89. The summed E-state index contributed by atoms with van der Waals surface area (Å²) >= 11 is 0. The summed E-state index contributed by atoms with van der Waals surface area (Å²) in [7, 11) is 1.75. The molecular weight excluding hydrogens is 142 g/mol. The molecule has 1 unspecified atom stereocenters. The summed E-state index contributed by atoms with van der Waals surface area (Å²) in [5.74, 6) is 0.0286. The summed E-state index contributed by atoms with van der Waals surface area (Å²) in [6, 6.07) is 0.132. The van der Waals surface area contributed by atoms with Gasteiger partial charge in [-0.3, -0.25) is 4.79 Å². The van der Waals surface area contributed by atoms with Gasteiger partial charge in [-0.15, -0.1) is 0 Å². The maximum Gasteiger partial charge on any atom is 0.246 e. The minimum Gasteiger partial charge on any atom is -0.336 e. The SMILES string of the molecule is CN1C(=O)C=CC1CCC=O. The van der Waals surface area contributed by atoms with Crippen molar-refractivity contribution in [2.75, 3.05) is 7.05 Å². The van der Waals surface area contributed by atoms with Crippen molar-refractivity contribution in [1.29, 1.82) is 0 Å². The van der Waals surface area contributed by atoms with E-state index in [2.05, 4.69) is 0 Å². The first-order valence-corrected chi connectivity index (χ1v) is 3.64. The molecule has 0 aliphatic carbocycles. The molecule has 1 heterocycles. The number of nitrogens with zero attached hydrogens (tertiary/aromatic N) is 1. The Kier molecular flexibility index (Phi) is 2.41. The Bertz CT molecular complexity index is 198. The second-order valence-electron chi connectivity index (χ2n) is 2.62. The topological polar surface area (TPSA) is 37.4 Å². The first kappa shape index (κ1) is 7.98. The van der Waals surface area contributed by atoms with Gasteiger partial charge < -0.3 is 9.69 Å². The molecule has 0 bridgehead atoms. The van der Waals surface area contributed by atoms with Gasteiger partial charge in [-0.25, -0.2) is 0 Å². The van der Waals surface area contributed by atoms with E-state index in [1.165, 1.54) is 0 Å². The van der Waals surface area contributed by atoms with E-state index in [9.17, 15) is 9.59 Å². The van der Waals surface area contributed by atoms with Gasteiger partial charge in [0.25, 0.3) is 0 Å². The first-order valence-electron chi connectivity index (χ1n) is 3.64. The molecule has 0 aromatic rings. The molecule has 3 heteroatoms. The van der Waals surface area contributed by atoms with Crippen LogP contribution >= 0.6 is 0 Å². The summed E-state index contributed by atoms with van der Waals surface area (Å²) in [6.45, 7) is 0. The lowest BCUT2D eigenvalue weighted by Gasteiger charge is -2.17. The Balaban J connectivity index is 2.42. The van der Waals surface area contributed by atoms with Gasteiger partial charge in [0.05, 0.1) is 6.04 Å². The zero-order valence-corrected chi connectivity index (χ0v) is 6.49. The molecule has 3 nitrogen and oxygen atoms in total. The maximum atomic E-state index is 10.9. The molecule has 1 atom stereocenters. The van der Waals surface area contributed by atoms with Crippen molar-refractivity contribution in [1.82, 2.24) is 4.90 Å². The Hall–Kier alpha value is -1.12. The normalized spacial score (nSPS) is 22.8. The van der Waals surface area contributed by atoms with Gasteiger partial charge in [-0.2, -0.15) is 0 Å². The fourth-order valence-electron chi connectivity index (χ4n) is 1.13. The van der Waals surface area contributed by atoms with Crippen LogP contribution in [0.25, 0.3) is 0 Å². The minimum atomic E-state index is 0.0286. The van der Waals surface area contributed by atoms with Gasteiger partial charge in [0.2, 0.25) is 5.91 Å². The van der Waals surface area contributed by atoms with E-state index in [0.717, 1.165) is 12.7 Å². The number of likely N-dealkylation sites (N-methyl/N-ethyl adjacent to an activating group) is 1. The van der Waals surface area contributed by atoms with Crippen LogP contribution in [0.4, 0.5) is 0 Å². The van der Waals surface area contributed by atoms with E-state index < -0.39 is 0 Å². The third-order valence-corrected chi connectivity index (χ3v) is 1.89. The third kappa shape index (κ3) is 1.67. The molecule has 1 aliphatic heterocycles. The highest BCUT2D eigenvalue weighted by Gasteiger charge is 2.20. The highest BCUT2D eigenvalue weighted by atomic mass is 16.2. The van der Waals surface area contributed by atoms with Crippen LogP contribution in [0.2, 0.25) is 0 Å². The lowest BCUT2D eigenvalue weighted by molar-refractivity contribution is -0.125. The highest BCUT2D eigenvalue weighted by molar-refractivity contribution is 5.90. The second-order valence-corrected chi connectivity index (χ2v) is 2.62. The summed E-state index contributed by atoms with van der Waals surface area (Å²) in [6.07, 6.45) is 5.53. The van der Waals surface area contributed by atoms with Crippen LogP contribution in [0.3, 0.4) is 0 Å². The van der Waals surface area contributed by atoms with Crippen LogP contribution in [0.15, 0.2) is 12.2 Å². The Morgan fingerprint density at radius 1 is 1.73 bits per heavy atom. The van der Waals surface area contributed by atoms with Crippen molar-refractivity contribution in [2.45, 2.75) is 18.9 Å². The molecule has 0 saturated carbocycles. The number of carbonyl (C=O) groups excluding carboxylic acids is 2. The fraction of sp³-hybridized carbons (Fsp3) is 0.500. The lowest BCUT2D eigenvalue weighted by atomic mass is 10.2. The Morgan fingerprint density at radius 3 is 2.91 bits per heavy atom. The number of carbonyl (C=O) groups is 2. The Morgan fingerprint density at radius 2 is 2.45 bits per heavy atom. The van der Waals surface area contributed by atoms with Gasteiger partial charge >= 0.3 is 0 Å². The largest absolute Gasteiger partial charge is 0.336 e. The van der Waals surface area contributed by atoms with Crippen molar-refractivity contribution in [3.05, 3.63) is 12.2 Å². The van der Waals surface area contributed by atoms with Crippen molar-refractivity contribution in [3.63, 3.8) is 0 Å².